The van der Waals surface area contributed by atoms with E-state index in [1.165, 1.54) is 10.8 Å². The van der Waals surface area contributed by atoms with Gasteiger partial charge in [0.1, 0.15) is 6.04 Å². The SMILES string of the molecule is CCNC(=O)C(Cc1ccccc1)N(Cc1ccccc1)C(=O)CCc1cccc2ccccc12. The zero-order chi connectivity index (χ0) is 24.5. The van der Waals surface area contributed by atoms with Crippen molar-refractivity contribution < 1.29 is 9.59 Å². The maximum Gasteiger partial charge on any atom is 0.243 e. The van der Waals surface area contributed by atoms with Gasteiger partial charge >= 0.3 is 0 Å². The number of hydrogen-bond donors (Lipinski definition) is 1. The van der Waals surface area contributed by atoms with E-state index in [2.05, 4.69) is 29.6 Å². The fraction of sp³-hybridized carbons (Fsp3) is 0.226. The summed E-state index contributed by atoms with van der Waals surface area (Å²) in [6.45, 7) is 2.82. The Hall–Kier alpha value is -3.92. The molecule has 0 saturated heterocycles. The third-order valence-corrected chi connectivity index (χ3v) is 6.31. The van der Waals surface area contributed by atoms with E-state index in [1.807, 2.05) is 85.8 Å². The van der Waals surface area contributed by atoms with E-state index in [4.69, 9.17) is 0 Å². The lowest BCUT2D eigenvalue weighted by atomic mass is 9.99. The maximum atomic E-state index is 13.7. The van der Waals surface area contributed by atoms with Crippen LogP contribution in [0, 0.1) is 0 Å². The largest absolute Gasteiger partial charge is 0.355 e. The van der Waals surface area contributed by atoms with Gasteiger partial charge in [0.15, 0.2) is 0 Å². The first-order valence-electron chi connectivity index (χ1n) is 12.3. The molecule has 0 spiro atoms. The van der Waals surface area contributed by atoms with Gasteiger partial charge in [0, 0.05) is 25.9 Å². The highest BCUT2D eigenvalue weighted by molar-refractivity contribution is 5.89. The van der Waals surface area contributed by atoms with Gasteiger partial charge in [-0.15, -0.1) is 0 Å². The van der Waals surface area contributed by atoms with Crippen LogP contribution in [0.15, 0.2) is 103 Å². The fourth-order valence-corrected chi connectivity index (χ4v) is 4.52. The highest BCUT2D eigenvalue weighted by Gasteiger charge is 2.29. The van der Waals surface area contributed by atoms with Crippen LogP contribution in [0.25, 0.3) is 10.8 Å². The Morgan fingerprint density at radius 3 is 2.11 bits per heavy atom. The summed E-state index contributed by atoms with van der Waals surface area (Å²) in [6.07, 6.45) is 1.43. The molecule has 0 fully saturated rings. The molecule has 0 heterocycles. The molecule has 0 radical (unpaired) electrons. The molecule has 4 nitrogen and oxygen atoms in total. The second-order valence-corrected chi connectivity index (χ2v) is 8.75. The molecule has 4 heteroatoms. The van der Waals surface area contributed by atoms with Crippen LogP contribution in [0.5, 0.6) is 0 Å². The number of nitrogens with one attached hydrogen (secondary N) is 1. The van der Waals surface area contributed by atoms with Crippen molar-refractivity contribution in [3.05, 3.63) is 120 Å². The van der Waals surface area contributed by atoms with Crippen LogP contribution in [0.2, 0.25) is 0 Å². The number of likely N-dealkylation sites (N-methyl/N-ethyl adjacent to an activating group) is 1. The Balaban J connectivity index is 1.61. The first-order valence-corrected chi connectivity index (χ1v) is 12.3. The molecule has 0 aliphatic carbocycles. The van der Waals surface area contributed by atoms with Crippen LogP contribution in [0.1, 0.15) is 30.0 Å². The number of carbonyl (C=O) groups excluding carboxylic acids is 2. The third kappa shape index (κ3) is 6.36. The van der Waals surface area contributed by atoms with E-state index in [9.17, 15) is 9.59 Å². The number of nitrogens with zero attached hydrogens (tertiary/aromatic N) is 1. The monoisotopic (exact) mass is 464 g/mol. The number of fused-ring (bicyclic) bond motifs is 1. The zero-order valence-corrected chi connectivity index (χ0v) is 20.2. The Kier molecular flexibility index (Phi) is 8.29. The van der Waals surface area contributed by atoms with E-state index < -0.39 is 6.04 Å². The van der Waals surface area contributed by atoms with Crippen molar-refractivity contribution in [2.75, 3.05) is 6.54 Å². The molecule has 1 N–H and O–H groups in total. The predicted octanol–water partition coefficient (Wildman–Crippen LogP) is 5.55. The van der Waals surface area contributed by atoms with Crippen LogP contribution >= 0.6 is 0 Å². The van der Waals surface area contributed by atoms with Crippen molar-refractivity contribution >= 4 is 22.6 Å². The van der Waals surface area contributed by atoms with Gasteiger partial charge in [0.2, 0.25) is 11.8 Å². The summed E-state index contributed by atoms with van der Waals surface area (Å²) in [5.74, 6) is -0.139. The minimum Gasteiger partial charge on any atom is -0.355 e. The summed E-state index contributed by atoms with van der Waals surface area (Å²) in [4.78, 5) is 28.7. The average molecular weight is 465 g/mol. The molecule has 0 aliphatic rings. The molecule has 35 heavy (non-hydrogen) atoms. The normalized spacial score (nSPS) is 11.7. The summed E-state index contributed by atoms with van der Waals surface area (Å²) >= 11 is 0. The van der Waals surface area contributed by atoms with E-state index in [0.29, 0.717) is 32.4 Å². The van der Waals surface area contributed by atoms with Crippen LogP contribution in [0.3, 0.4) is 0 Å². The molecular weight excluding hydrogens is 432 g/mol. The highest BCUT2D eigenvalue weighted by Crippen LogP contribution is 2.21. The minimum absolute atomic E-state index is 0.0195. The fourth-order valence-electron chi connectivity index (χ4n) is 4.52. The first-order chi connectivity index (χ1) is 17.2. The molecule has 4 aromatic rings. The molecule has 4 rings (SSSR count). The second kappa shape index (κ2) is 12.0. The van der Waals surface area contributed by atoms with Gasteiger partial charge in [-0.1, -0.05) is 103 Å². The molecule has 0 aliphatic heterocycles. The molecule has 0 saturated carbocycles. The smallest absolute Gasteiger partial charge is 0.243 e. The van der Waals surface area contributed by atoms with Crippen LogP contribution in [-0.2, 0) is 29.0 Å². The van der Waals surface area contributed by atoms with Crippen molar-refractivity contribution in [3.8, 4) is 0 Å². The Bertz CT molecular complexity index is 1250. The Morgan fingerprint density at radius 1 is 0.771 bits per heavy atom. The van der Waals surface area contributed by atoms with E-state index in [1.54, 1.807) is 4.90 Å². The summed E-state index contributed by atoms with van der Waals surface area (Å²) < 4.78 is 0. The van der Waals surface area contributed by atoms with Gasteiger partial charge in [0.25, 0.3) is 0 Å². The number of benzene rings is 4. The van der Waals surface area contributed by atoms with Crippen molar-refractivity contribution in [1.29, 1.82) is 0 Å². The molecule has 2 amide bonds. The van der Waals surface area contributed by atoms with E-state index in [0.717, 1.165) is 16.7 Å². The summed E-state index contributed by atoms with van der Waals surface area (Å²) in [7, 11) is 0. The minimum atomic E-state index is -0.586. The molecule has 178 valence electrons. The van der Waals surface area contributed by atoms with Crippen molar-refractivity contribution in [2.45, 2.75) is 38.8 Å². The van der Waals surface area contributed by atoms with Crippen LogP contribution < -0.4 is 5.32 Å². The number of rotatable bonds is 10. The number of carbonyl (C=O) groups is 2. The van der Waals surface area contributed by atoms with Crippen LogP contribution in [0.4, 0.5) is 0 Å². The predicted molar refractivity (Wildman–Crippen MR) is 142 cm³/mol. The number of aryl methyl sites for hydroxylation is 1. The molecule has 0 bridgehead atoms. The molecule has 1 unspecified atom stereocenters. The first kappa shape index (κ1) is 24.2. The summed E-state index contributed by atoms with van der Waals surface area (Å²) in [6, 6.07) is 33.7. The molecular formula is C31H32N2O2. The Morgan fingerprint density at radius 2 is 1.40 bits per heavy atom. The van der Waals surface area contributed by atoms with Crippen molar-refractivity contribution in [2.24, 2.45) is 0 Å². The molecule has 4 aromatic carbocycles. The molecule has 1 atom stereocenters. The zero-order valence-electron chi connectivity index (χ0n) is 20.2. The Labute approximate surface area is 207 Å². The quantitative estimate of drug-likeness (QED) is 0.335. The van der Waals surface area contributed by atoms with E-state index >= 15 is 0 Å². The van der Waals surface area contributed by atoms with Crippen molar-refractivity contribution in [3.63, 3.8) is 0 Å². The summed E-state index contributed by atoms with van der Waals surface area (Å²) in [5.41, 5.74) is 3.19. The maximum absolute atomic E-state index is 13.7. The second-order valence-electron chi connectivity index (χ2n) is 8.75. The van der Waals surface area contributed by atoms with Gasteiger partial charge in [-0.05, 0) is 40.8 Å². The third-order valence-electron chi connectivity index (χ3n) is 6.31. The lowest BCUT2D eigenvalue weighted by Crippen LogP contribution is -2.50. The van der Waals surface area contributed by atoms with Crippen molar-refractivity contribution in [1.82, 2.24) is 10.2 Å². The van der Waals surface area contributed by atoms with Crippen LogP contribution in [-0.4, -0.2) is 29.3 Å². The van der Waals surface area contributed by atoms with Gasteiger partial charge in [-0.3, -0.25) is 9.59 Å². The number of amides is 2. The standard InChI is InChI=1S/C31H32N2O2/c1-2-32-31(35)29(22-24-12-5-3-6-13-24)33(23-25-14-7-4-8-15-25)30(34)21-20-27-18-11-17-26-16-9-10-19-28(26)27/h3-19,29H,2,20-23H2,1H3,(H,32,35). The van der Waals surface area contributed by atoms with Gasteiger partial charge in [0.05, 0.1) is 0 Å². The van der Waals surface area contributed by atoms with Gasteiger partial charge in [-0.2, -0.15) is 0 Å². The number of hydrogen-bond acceptors (Lipinski definition) is 2. The van der Waals surface area contributed by atoms with E-state index in [-0.39, 0.29) is 11.8 Å². The van der Waals surface area contributed by atoms with Gasteiger partial charge in [-0.25, -0.2) is 0 Å². The molecule has 0 aromatic heterocycles. The topological polar surface area (TPSA) is 49.4 Å². The average Bonchev–Trinajstić information content (AvgIpc) is 2.90. The summed E-state index contributed by atoms with van der Waals surface area (Å²) in [5, 5.41) is 5.29. The lowest BCUT2D eigenvalue weighted by Gasteiger charge is -2.31. The van der Waals surface area contributed by atoms with Gasteiger partial charge < -0.3 is 10.2 Å². The lowest BCUT2D eigenvalue weighted by molar-refractivity contribution is -0.141. The highest BCUT2D eigenvalue weighted by atomic mass is 16.2.